The maximum absolute atomic E-state index is 13.3. The van der Waals surface area contributed by atoms with E-state index in [1.165, 1.54) is 0 Å². The molecule has 0 spiro atoms. The zero-order chi connectivity index (χ0) is 23.3. The van der Waals surface area contributed by atoms with Crippen molar-refractivity contribution >= 4 is 17.6 Å². The standard InChI is InChI=1S/C25H28N6O2/c1-15-12-16(2)31(28-15)20-9-7-18(8-10-20)25(33)30-11-5-6-19(14-30)23-26-17(3)21-13-22(32)29(4)24(21)27-23/h7-10,12,19H,5-6,11,13-14H2,1-4H3/t19-/m1/s1. The number of aryl methyl sites for hydroxylation is 3. The summed E-state index contributed by atoms with van der Waals surface area (Å²) in [6.45, 7) is 7.22. The van der Waals surface area contributed by atoms with Crippen molar-refractivity contribution in [1.82, 2.24) is 24.6 Å². The molecule has 0 N–H and O–H groups in total. The topological polar surface area (TPSA) is 84.2 Å². The number of hydrogen-bond donors (Lipinski definition) is 0. The van der Waals surface area contributed by atoms with Crippen LogP contribution in [0.4, 0.5) is 5.82 Å². The number of anilines is 1. The van der Waals surface area contributed by atoms with Gasteiger partial charge in [-0.05, 0) is 63.9 Å². The van der Waals surface area contributed by atoms with Crippen LogP contribution in [0.5, 0.6) is 0 Å². The van der Waals surface area contributed by atoms with E-state index in [2.05, 4.69) is 5.10 Å². The monoisotopic (exact) mass is 444 g/mol. The first-order valence-corrected chi connectivity index (χ1v) is 11.4. The third-order valence-electron chi connectivity index (χ3n) is 6.67. The third kappa shape index (κ3) is 3.79. The van der Waals surface area contributed by atoms with Crippen LogP contribution in [0.3, 0.4) is 0 Å². The number of fused-ring (bicyclic) bond motifs is 1. The van der Waals surface area contributed by atoms with Crippen molar-refractivity contribution in [3.05, 3.63) is 64.4 Å². The number of benzene rings is 1. The van der Waals surface area contributed by atoms with Gasteiger partial charge in [0, 0.05) is 48.6 Å². The molecule has 1 saturated heterocycles. The van der Waals surface area contributed by atoms with E-state index in [1.807, 2.05) is 60.7 Å². The van der Waals surface area contributed by atoms with E-state index in [0.717, 1.165) is 53.5 Å². The molecular formula is C25H28N6O2. The van der Waals surface area contributed by atoms with Crippen LogP contribution in [0.15, 0.2) is 30.3 Å². The molecular weight excluding hydrogens is 416 g/mol. The van der Waals surface area contributed by atoms with Gasteiger partial charge in [-0.3, -0.25) is 14.5 Å². The third-order valence-corrected chi connectivity index (χ3v) is 6.67. The van der Waals surface area contributed by atoms with Crippen molar-refractivity contribution in [2.75, 3.05) is 25.0 Å². The van der Waals surface area contributed by atoms with Gasteiger partial charge in [0.25, 0.3) is 5.91 Å². The number of nitrogens with zero attached hydrogens (tertiary/aromatic N) is 6. The van der Waals surface area contributed by atoms with Crippen LogP contribution in [-0.4, -0.2) is 56.6 Å². The fourth-order valence-electron chi connectivity index (χ4n) is 4.85. The number of piperidine rings is 1. The molecule has 5 rings (SSSR count). The molecule has 170 valence electrons. The summed E-state index contributed by atoms with van der Waals surface area (Å²) < 4.78 is 1.88. The SMILES string of the molecule is Cc1cc(C)n(-c2ccc(C(=O)N3CCC[C@@H](c4nc(C)c5c(n4)N(C)C(=O)C5)C3)cc2)n1. The number of rotatable bonds is 3. The first kappa shape index (κ1) is 21.3. The molecule has 8 nitrogen and oxygen atoms in total. The van der Waals surface area contributed by atoms with Crippen LogP contribution in [0.2, 0.25) is 0 Å². The van der Waals surface area contributed by atoms with Gasteiger partial charge in [-0.25, -0.2) is 14.6 Å². The molecule has 0 saturated carbocycles. The van der Waals surface area contributed by atoms with E-state index in [9.17, 15) is 9.59 Å². The van der Waals surface area contributed by atoms with Gasteiger partial charge in [0.2, 0.25) is 5.91 Å². The molecule has 8 heteroatoms. The Hall–Kier alpha value is -3.55. The smallest absolute Gasteiger partial charge is 0.253 e. The van der Waals surface area contributed by atoms with Crippen LogP contribution in [-0.2, 0) is 11.2 Å². The van der Waals surface area contributed by atoms with Crippen molar-refractivity contribution in [3.63, 3.8) is 0 Å². The summed E-state index contributed by atoms with van der Waals surface area (Å²) in [5.41, 5.74) is 5.40. The van der Waals surface area contributed by atoms with Crippen molar-refractivity contribution in [2.24, 2.45) is 0 Å². The lowest BCUT2D eigenvalue weighted by Crippen LogP contribution is -2.39. The largest absolute Gasteiger partial charge is 0.338 e. The molecule has 0 unspecified atom stereocenters. The van der Waals surface area contributed by atoms with Gasteiger partial charge in [0.15, 0.2) is 0 Å². The van der Waals surface area contributed by atoms with Gasteiger partial charge in [-0.15, -0.1) is 0 Å². The summed E-state index contributed by atoms with van der Waals surface area (Å²) >= 11 is 0. The maximum Gasteiger partial charge on any atom is 0.253 e. The van der Waals surface area contributed by atoms with E-state index in [4.69, 9.17) is 9.97 Å². The van der Waals surface area contributed by atoms with Crippen LogP contribution in [0.25, 0.3) is 5.69 Å². The normalized spacial score (nSPS) is 18.1. The number of carbonyl (C=O) groups excluding carboxylic acids is 2. The van der Waals surface area contributed by atoms with Gasteiger partial charge < -0.3 is 4.90 Å². The lowest BCUT2D eigenvalue weighted by Gasteiger charge is -2.32. The van der Waals surface area contributed by atoms with E-state index < -0.39 is 0 Å². The number of carbonyl (C=O) groups is 2. The zero-order valence-electron chi connectivity index (χ0n) is 19.5. The van der Waals surface area contributed by atoms with Crippen LogP contribution in [0, 0.1) is 20.8 Å². The van der Waals surface area contributed by atoms with Crippen LogP contribution < -0.4 is 4.90 Å². The Bertz CT molecular complexity index is 1250. The Morgan fingerprint density at radius 2 is 1.85 bits per heavy atom. The predicted octanol–water partition coefficient (Wildman–Crippen LogP) is 3.13. The van der Waals surface area contributed by atoms with Crippen molar-refractivity contribution in [2.45, 2.75) is 46.0 Å². The fourth-order valence-corrected chi connectivity index (χ4v) is 4.85. The molecule has 2 aliphatic heterocycles. The molecule has 1 atom stereocenters. The number of amides is 2. The summed E-state index contributed by atoms with van der Waals surface area (Å²) in [5, 5.41) is 4.51. The molecule has 2 aromatic heterocycles. The quantitative estimate of drug-likeness (QED) is 0.620. The Kier molecular flexibility index (Phi) is 5.23. The summed E-state index contributed by atoms with van der Waals surface area (Å²) in [6, 6.07) is 9.65. The summed E-state index contributed by atoms with van der Waals surface area (Å²) in [6.07, 6.45) is 2.19. The molecule has 0 aliphatic carbocycles. The molecule has 1 fully saturated rings. The minimum atomic E-state index is 0.0183. The molecule has 0 bridgehead atoms. The van der Waals surface area contributed by atoms with E-state index in [1.54, 1.807) is 11.9 Å². The molecule has 2 aliphatic rings. The van der Waals surface area contributed by atoms with Gasteiger partial charge in [0.05, 0.1) is 17.8 Å². The van der Waals surface area contributed by atoms with E-state index in [0.29, 0.717) is 24.3 Å². The van der Waals surface area contributed by atoms with E-state index in [-0.39, 0.29) is 17.7 Å². The summed E-state index contributed by atoms with van der Waals surface area (Å²) in [4.78, 5) is 38.3. The van der Waals surface area contributed by atoms with Crippen LogP contribution in [0.1, 0.15) is 57.6 Å². The molecule has 4 heterocycles. The zero-order valence-corrected chi connectivity index (χ0v) is 19.5. The second kappa shape index (κ2) is 8.10. The molecule has 1 aromatic carbocycles. The number of aromatic nitrogens is 4. The molecule has 0 radical (unpaired) electrons. The second-order valence-corrected chi connectivity index (χ2v) is 9.08. The lowest BCUT2D eigenvalue weighted by molar-refractivity contribution is -0.117. The lowest BCUT2D eigenvalue weighted by atomic mass is 9.96. The Balaban J connectivity index is 1.34. The summed E-state index contributed by atoms with van der Waals surface area (Å²) in [5.74, 6) is 1.56. The second-order valence-electron chi connectivity index (χ2n) is 9.08. The van der Waals surface area contributed by atoms with Crippen molar-refractivity contribution in [3.8, 4) is 5.69 Å². The highest BCUT2D eigenvalue weighted by Gasteiger charge is 2.32. The Morgan fingerprint density at radius 3 is 2.55 bits per heavy atom. The number of likely N-dealkylation sites (tertiary alicyclic amines) is 1. The minimum absolute atomic E-state index is 0.0183. The van der Waals surface area contributed by atoms with Gasteiger partial charge in [-0.2, -0.15) is 5.10 Å². The Morgan fingerprint density at radius 1 is 1.09 bits per heavy atom. The van der Waals surface area contributed by atoms with Gasteiger partial charge in [0.1, 0.15) is 11.6 Å². The highest BCUT2D eigenvalue weighted by atomic mass is 16.2. The van der Waals surface area contributed by atoms with Gasteiger partial charge in [-0.1, -0.05) is 0 Å². The fraction of sp³-hybridized carbons (Fsp3) is 0.400. The highest BCUT2D eigenvalue weighted by Crippen LogP contribution is 2.32. The van der Waals surface area contributed by atoms with Crippen molar-refractivity contribution in [1.29, 1.82) is 0 Å². The maximum atomic E-state index is 13.3. The first-order chi connectivity index (χ1) is 15.8. The average Bonchev–Trinajstić information content (AvgIpc) is 3.31. The molecule has 33 heavy (non-hydrogen) atoms. The number of hydrogen-bond acceptors (Lipinski definition) is 5. The summed E-state index contributed by atoms with van der Waals surface area (Å²) in [7, 11) is 1.76. The number of likely N-dealkylation sites (N-methyl/N-ethyl adjacent to an activating group) is 1. The minimum Gasteiger partial charge on any atom is -0.338 e. The molecule has 2 amide bonds. The van der Waals surface area contributed by atoms with Crippen LogP contribution >= 0.6 is 0 Å². The van der Waals surface area contributed by atoms with Crippen molar-refractivity contribution < 1.29 is 9.59 Å². The van der Waals surface area contributed by atoms with Gasteiger partial charge >= 0.3 is 0 Å². The predicted molar refractivity (Wildman–Crippen MR) is 125 cm³/mol. The average molecular weight is 445 g/mol. The highest BCUT2D eigenvalue weighted by molar-refractivity contribution is 6.00. The molecule has 3 aromatic rings. The Labute approximate surface area is 193 Å². The van der Waals surface area contributed by atoms with E-state index >= 15 is 0 Å². The first-order valence-electron chi connectivity index (χ1n) is 11.4.